The van der Waals surface area contributed by atoms with Crippen LogP contribution >= 0.6 is 23.7 Å². The molecule has 2 aromatic heterocycles. The molecule has 0 aliphatic carbocycles. The highest BCUT2D eigenvalue weighted by Gasteiger charge is 2.11. The third-order valence-electron chi connectivity index (χ3n) is 3.00. The molecule has 6 heteroatoms. The molecule has 0 unspecified atom stereocenters. The molecule has 3 rings (SSSR count). The van der Waals surface area contributed by atoms with E-state index in [1.807, 2.05) is 25.2 Å². The molecule has 2 heterocycles. The third kappa shape index (κ3) is 3.91. The van der Waals surface area contributed by atoms with Gasteiger partial charge in [0.25, 0.3) is 0 Å². The lowest BCUT2D eigenvalue weighted by Gasteiger charge is -2.02. The van der Waals surface area contributed by atoms with Gasteiger partial charge in [-0.2, -0.15) is 15.0 Å². The maximum Gasteiger partial charge on any atom is 0.117 e. The highest BCUT2D eigenvalue weighted by Crippen LogP contribution is 2.19. The van der Waals surface area contributed by atoms with Gasteiger partial charge in [0.15, 0.2) is 0 Å². The van der Waals surface area contributed by atoms with E-state index >= 15 is 0 Å². The summed E-state index contributed by atoms with van der Waals surface area (Å²) in [5, 5.41) is 14.4. The molecule has 3 aromatic rings. The summed E-state index contributed by atoms with van der Waals surface area (Å²) < 4.78 is 0. The number of nitrogens with one attached hydrogen (secondary N) is 1. The fourth-order valence-corrected chi connectivity index (χ4v) is 2.78. The molecule has 0 aliphatic rings. The van der Waals surface area contributed by atoms with Gasteiger partial charge < -0.3 is 5.32 Å². The molecule has 0 aliphatic heterocycles. The third-order valence-corrected chi connectivity index (χ3v) is 3.88. The van der Waals surface area contributed by atoms with E-state index in [1.165, 1.54) is 4.88 Å². The van der Waals surface area contributed by atoms with Crippen LogP contribution in [0.4, 0.5) is 0 Å². The second-order valence-corrected chi connectivity index (χ2v) is 5.57. The van der Waals surface area contributed by atoms with Crippen molar-refractivity contribution in [3.63, 3.8) is 0 Å². The van der Waals surface area contributed by atoms with Gasteiger partial charge in [-0.15, -0.1) is 23.7 Å². The van der Waals surface area contributed by atoms with Gasteiger partial charge in [-0.05, 0) is 11.4 Å². The molecule has 0 bridgehead atoms. The minimum absolute atomic E-state index is 0. The maximum absolute atomic E-state index is 4.46. The molecular weight excluding hydrogens is 304 g/mol. The van der Waals surface area contributed by atoms with Crippen molar-refractivity contribution in [3.8, 4) is 11.3 Å². The van der Waals surface area contributed by atoms with Crippen molar-refractivity contribution < 1.29 is 0 Å². The van der Waals surface area contributed by atoms with Crippen LogP contribution in [0.1, 0.15) is 10.6 Å². The average Bonchev–Trinajstić information content (AvgIpc) is 3.10. The molecule has 4 nitrogen and oxygen atoms in total. The number of hydrogen-bond acceptors (Lipinski definition) is 4. The number of rotatable bonds is 5. The Kier molecular flexibility index (Phi) is 5.50. The largest absolute Gasteiger partial charge is 0.306 e. The summed E-state index contributed by atoms with van der Waals surface area (Å²) in [6, 6.07) is 14.4. The molecule has 1 aromatic carbocycles. The summed E-state index contributed by atoms with van der Waals surface area (Å²) >= 11 is 1.76. The summed E-state index contributed by atoms with van der Waals surface area (Å²) in [6.07, 6.45) is 0. The zero-order valence-corrected chi connectivity index (χ0v) is 13.3. The molecule has 110 valence electrons. The van der Waals surface area contributed by atoms with Crippen molar-refractivity contribution in [2.24, 2.45) is 7.05 Å². The zero-order valence-electron chi connectivity index (χ0n) is 11.7. The Morgan fingerprint density at radius 1 is 1.05 bits per heavy atom. The van der Waals surface area contributed by atoms with Crippen molar-refractivity contribution >= 4 is 23.7 Å². The molecule has 0 spiro atoms. The van der Waals surface area contributed by atoms with E-state index < -0.39 is 0 Å². The van der Waals surface area contributed by atoms with Gasteiger partial charge in [0.05, 0.1) is 0 Å². The van der Waals surface area contributed by atoms with Gasteiger partial charge >= 0.3 is 0 Å². The predicted octanol–water partition coefficient (Wildman–Crippen LogP) is 3.26. The summed E-state index contributed by atoms with van der Waals surface area (Å²) in [5.74, 6) is 0. The number of aryl methyl sites for hydroxylation is 1. The SMILES string of the molecule is Cl.Cn1nc(CNCc2cccs2)c(-c2ccccc2)n1. The van der Waals surface area contributed by atoms with Gasteiger partial charge in [0.1, 0.15) is 11.4 Å². The predicted molar refractivity (Wildman–Crippen MR) is 88.5 cm³/mol. The second kappa shape index (κ2) is 7.36. The van der Waals surface area contributed by atoms with Gasteiger partial charge in [-0.1, -0.05) is 36.4 Å². The highest BCUT2D eigenvalue weighted by atomic mass is 35.5. The van der Waals surface area contributed by atoms with Crippen LogP contribution in [0.2, 0.25) is 0 Å². The first-order valence-corrected chi connectivity index (χ1v) is 7.39. The second-order valence-electron chi connectivity index (χ2n) is 4.53. The van der Waals surface area contributed by atoms with Crippen molar-refractivity contribution in [2.75, 3.05) is 0 Å². The van der Waals surface area contributed by atoms with Crippen molar-refractivity contribution in [1.29, 1.82) is 0 Å². The molecule has 0 radical (unpaired) electrons. The number of aromatic nitrogens is 3. The highest BCUT2D eigenvalue weighted by molar-refractivity contribution is 7.09. The molecule has 0 amide bonds. The summed E-state index contributed by atoms with van der Waals surface area (Å²) in [6.45, 7) is 1.58. The Balaban J connectivity index is 0.00000161. The Labute approximate surface area is 134 Å². The Morgan fingerprint density at radius 2 is 1.86 bits per heavy atom. The Morgan fingerprint density at radius 3 is 2.57 bits per heavy atom. The topological polar surface area (TPSA) is 42.7 Å². The number of benzene rings is 1. The van der Waals surface area contributed by atoms with E-state index in [2.05, 4.69) is 45.2 Å². The minimum atomic E-state index is 0. The molecule has 0 saturated carbocycles. The smallest absolute Gasteiger partial charge is 0.117 e. The van der Waals surface area contributed by atoms with Gasteiger partial charge in [-0.3, -0.25) is 0 Å². The van der Waals surface area contributed by atoms with Crippen LogP contribution < -0.4 is 5.32 Å². The lowest BCUT2D eigenvalue weighted by molar-refractivity contribution is 0.625. The summed E-state index contributed by atoms with van der Waals surface area (Å²) in [7, 11) is 1.86. The molecule has 0 saturated heterocycles. The normalized spacial score (nSPS) is 10.3. The quantitative estimate of drug-likeness (QED) is 0.784. The van der Waals surface area contributed by atoms with Crippen LogP contribution in [0.3, 0.4) is 0 Å². The van der Waals surface area contributed by atoms with E-state index in [9.17, 15) is 0 Å². The standard InChI is InChI=1S/C15H16N4S.ClH/c1-19-17-14(11-16-10-13-8-5-9-20-13)15(18-19)12-6-3-2-4-7-12;/h2-9,16H,10-11H2,1H3;1H. The average molecular weight is 321 g/mol. The summed E-state index contributed by atoms with van der Waals surface area (Å²) in [4.78, 5) is 2.96. The number of halogens is 1. The Bertz CT molecular complexity index is 664. The molecule has 21 heavy (non-hydrogen) atoms. The van der Waals surface area contributed by atoms with Crippen LogP contribution in [0.5, 0.6) is 0 Å². The fourth-order valence-electron chi connectivity index (χ4n) is 2.10. The van der Waals surface area contributed by atoms with Crippen molar-refractivity contribution in [3.05, 3.63) is 58.4 Å². The first-order valence-electron chi connectivity index (χ1n) is 6.51. The molecule has 0 fully saturated rings. The monoisotopic (exact) mass is 320 g/mol. The fraction of sp³-hybridized carbons (Fsp3) is 0.200. The Hall–Kier alpha value is -1.69. The van der Waals surface area contributed by atoms with E-state index in [1.54, 1.807) is 16.1 Å². The van der Waals surface area contributed by atoms with Crippen LogP contribution in [0, 0.1) is 0 Å². The van der Waals surface area contributed by atoms with E-state index in [4.69, 9.17) is 0 Å². The van der Waals surface area contributed by atoms with Gasteiger partial charge in [-0.25, -0.2) is 0 Å². The maximum atomic E-state index is 4.46. The lowest BCUT2D eigenvalue weighted by atomic mass is 10.1. The van der Waals surface area contributed by atoms with Crippen LogP contribution in [-0.2, 0) is 20.1 Å². The van der Waals surface area contributed by atoms with Crippen LogP contribution in [0.15, 0.2) is 47.8 Å². The zero-order chi connectivity index (χ0) is 13.8. The van der Waals surface area contributed by atoms with Crippen LogP contribution in [0.25, 0.3) is 11.3 Å². The van der Waals surface area contributed by atoms with E-state index in [0.717, 1.165) is 30.0 Å². The van der Waals surface area contributed by atoms with E-state index in [-0.39, 0.29) is 12.4 Å². The van der Waals surface area contributed by atoms with Gasteiger partial charge in [0, 0.05) is 30.6 Å². The number of hydrogen-bond donors (Lipinski definition) is 1. The van der Waals surface area contributed by atoms with Crippen molar-refractivity contribution in [2.45, 2.75) is 13.1 Å². The first-order chi connectivity index (χ1) is 9.83. The lowest BCUT2D eigenvalue weighted by Crippen LogP contribution is -2.13. The first kappa shape index (κ1) is 15.7. The number of thiophene rings is 1. The molecule has 0 atom stereocenters. The minimum Gasteiger partial charge on any atom is -0.306 e. The van der Waals surface area contributed by atoms with Crippen LogP contribution in [-0.4, -0.2) is 15.0 Å². The van der Waals surface area contributed by atoms with Gasteiger partial charge in [0.2, 0.25) is 0 Å². The molecule has 1 N–H and O–H groups in total. The summed E-state index contributed by atoms with van der Waals surface area (Å²) in [5.41, 5.74) is 3.04. The van der Waals surface area contributed by atoms with E-state index in [0.29, 0.717) is 0 Å². The van der Waals surface area contributed by atoms with Crippen molar-refractivity contribution in [1.82, 2.24) is 20.3 Å². The number of nitrogens with zero attached hydrogens (tertiary/aromatic N) is 3. The molecular formula is C15H17ClN4S.